The van der Waals surface area contributed by atoms with Gasteiger partial charge in [0.1, 0.15) is 0 Å². The molecular weight excluding hydrogens is 240 g/mol. The fourth-order valence-corrected chi connectivity index (χ4v) is 2.80. The predicted molar refractivity (Wildman–Crippen MR) is 76.0 cm³/mol. The first kappa shape index (κ1) is 13.9. The Hall–Kier alpha value is -1.55. The molecule has 1 aliphatic carbocycles. The summed E-state index contributed by atoms with van der Waals surface area (Å²) in [6, 6.07) is 5.35. The van der Waals surface area contributed by atoms with E-state index in [-0.39, 0.29) is 5.91 Å². The van der Waals surface area contributed by atoms with Gasteiger partial charge in [-0.1, -0.05) is 18.9 Å². The molecule has 0 aromatic heterocycles. The summed E-state index contributed by atoms with van der Waals surface area (Å²) < 4.78 is 0. The first-order valence-electron chi connectivity index (χ1n) is 6.76. The zero-order valence-corrected chi connectivity index (χ0v) is 11.6. The minimum atomic E-state index is -0.710. The van der Waals surface area contributed by atoms with E-state index in [0.717, 1.165) is 31.2 Å². The summed E-state index contributed by atoms with van der Waals surface area (Å²) in [6.07, 6.45) is 3.63. The molecule has 0 radical (unpaired) electrons. The van der Waals surface area contributed by atoms with Crippen molar-refractivity contribution in [2.45, 2.75) is 38.2 Å². The lowest BCUT2D eigenvalue weighted by Crippen LogP contribution is -2.42. The molecule has 0 spiro atoms. The number of rotatable bonds is 3. The van der Waals surface area contributed by atoms with Gasteiger partial charge in [-0.25, -0.2) is 0 Å². The third kappa shape index (κ3) is 2.89. The van der Waals surface area contributed by atoms with Crippen LogP contribution in [0.5, 0.6) is 0 Å². The highest BCUT2D eigenvalue weighted by molar-refractivity contribution is 5.96. The van der Waals surface area contributed by atoms with Crippen molar-refractivity contribution in [2.75, 3.05) is 19.3 Å². The molecule has 1 aliphatic rings. The number of nitrogens with zero attached hydrogens (tertiary/aromatic N) is 1. The van der Waals surface area contributed by atoms with Gasteiger partial charge in [0.05, 0.1) is 5.60 Å². The van der Waals surface area contributed by atoms with Crippen molar-refractivity contribution in [1.29, 1.82) is 0 Å². The fraction of sp³-hybridized carbons (Fsp3) is 0.533. The van der Waals surface area contributed by atoms with Gasteiger partial charge < -0.3 is 15.7 Å². The molecule has 0 aliphatic heterocycles. The molecule has 2 rings (SSSR count). The number of anilines is 1. The maximum Gasteiger partial charge on any atom is 0.254 e. The minimum absolute atomic E-state index is 0.0786. The molecule has 104 valence electrons. The highest BCUT2D eigenvalue weighted by Crippen LogP contribution is 2.30. The minimum Gasteiger partial charge on any atom is -0.398 e. The van der Waals surface area contributed by atoms with Gasteiger partial charge in [-0.05, 0) is 37.5 Å². The van der Waals surface area contributed by atoms with Crippen molar-refractivity contribution in [2.24, 2.45) is 0 Å². The van der Waals surface area contributed by atoms with Crippen LogP contribution < -0.4 is 5.73 Å². The second kappa shape index (κ2) is 5.21. The van der Waals surface area contributed by atoms with Crippen LogP contribution in [0.4, 0.5) is 5.69 Å². The molecule has 1 fully saturated rings. The van der Waals surface area contributed by atoms with Crippen molar-refractivity contribution in [3.05, 3.63) is 29.3 Å². The van der Waals surface area contributed by atoms with Crippen molar-refractivity contribution < 1.29 is 9.90 Å². The van der Waals surface area contributed by atoms with Crippen molar-refractivity contribution >= 4 is 11.6 Å². The Labute approximate surface area is 114 Å². The van der Waals surface area contributed by atoms with Crippen LogP contribution in [-0.4, -0.2) is 35.1 Å². The largest absolute Gasteiger partial charge is 0.398 e. The predicted octanol–water partition coefficient (Wildman–Crippen LogP) is 1.95. The van der Waals surface area contributed by atoms with E-state index in [1.165, 1.54) is 0 Å². The summed E-state index contributed by atoms with van der Waals surface area (Å²) in [5.74, 6) is -0.0786. The second-order valence-corrected chi connectivity index (χ2v) is 5.61. The van der Waals surface area contributed by atoms with E-state index >= 15 is 0 Å². The zero-order chi connectivity index (χ0) is 14.0. The smallest absolute Gasteiger partial charge is 0.254 e. The molecule has 0 atom stereocenters. The Morgan fingerprint density at radius 1 is 1.42 bits per heavy atom. The summed E-state index contributed by atoms with van der Waals surface area (Å²) in [5.41, 5.74) is 7.16. The van der Waals surface area contributed by atoms with E-state index in [1.54, 1.807) is 30.1 Å². The third-order valence-corrected chi connectivity index (χ3v) is 4.02. The van der Waals surface area contributed by atoms with Gasteiger partial charge in [0, 0.05) is 24.8 Å². The van der Waals surface area contributed by atoms with Crippen molar-refractivity contribution in [3.63, 3.8) is 0 Å². The van der Waals surface area contributed by atoms with Gasteiger partial charge in [-0.2, -0.15) is 0 Å². The molecule has 1 aromatic carbocycles. The molecule has 0 unspecified atom stereocenters. The highest BCUT2D eigenvalue weighted by Gasteiger charge is 2.33. The van der Waals surface area contributed by atoms with Crippen LogP contribution in [0.1, 0.15) is 41.6 Å². The van der Waals surface area contributed by atoms with Crippen LogP contribution in [0, 0.1) is 6.92 Å². The summed E-state index contributed by atoms with van der Waals surface area (Å²) in [7, 11) is 1.74. The topological polar surface area (TPSA) is 66.6 Å². The maximum atomic E-state index is 12.4. The second-order valence-electron chi connectivity index (χ2n) is 5.61. The number of aliphatic hydroxyl groups is 1. The van der Waals surface area contributed by atoms with E-state index < -0.39 is 5.60 Å². The molecular formula is C15H22N2O2. The average Bonchev–Trinajstić information content (AvgIpc) is 2.78. The number of hydrogen-bond acceptors (Lipinski definition) is 3. The van der Waals surface area contributed by atoms with Gasteiger partial charge in [0.2, 0.25) is 0 Å². The van der Waals surface area contributed by atoms with E-state index in [0.29, 0.717) is 17.8 Å². The Bertz CT molecular complexity index is 479. The van der Waals surface area contributed by atoms with Crippen LogP contribution >= 0.6 is 0 Å². The Balaban J connectivity index is 2.12. The summed E-state index contributed by atoms with van der Waals surface area (Å²) in [6.45, 7) is 2.24. The number of carbonyl (C=O) groups excluding carboxylic acids is 1. The van der Waals surface area contributed by atoms with Gasteiger partial charge in [0.25, 0.3) is 5.91 Å². The molecule has 4 heteroatoms. The van der Waals surface area contributed by atoms with Gasteiger partial charge in [0.15, 0.2) is 0 Å². The number of likely N-dealkylation sites (N-methyl/N-ethyl adjacent to an activating group) is 1. The summed E-state index contributed by atoms with van der Waals surface area (Å²) in [4.78, 5) is 14.0. The lowest BCUT2D eigenvalue weighted by Gasteiger charge is -2.29. The van der Waals surface area contributed by atoms with E-state index in [4.69, 9.17) is 5.73 Å². The number of benzene rings is 1. The number of amides is 1. The molecule has 0 heterocycles. The summed E-state index contributed by atoms with van der Waals surface area (Å²) >= 11 is 0. The van der Waals surface area contributed by atoms with E-state index in [1.807, 2.05) is 6.92 Å². The van der Waals surface area contributed by atoms with Crippen LogP contribution in [-0.2, 0) is 0 Å². The number of nitrogen functional groups attached to an aromatic ring is 1. The van der Waals surface area contributed by atoms with Crippen LogP contribution in [0.15, 0.2) is 18.2 Å². The van der Waals surface area contributed by atoms with E-state index in [9.17, 15) is 9.90 Å². The Morgan fingerprint density at radius 3 is 2.68 bits per heavy atom. The number of nitrogens with two attached hydrogens (primary N) is 1. The fourth-order valence-electron chi connectivity index (χ4n) is 2.80. The zero-order valence-electron chi connectivity index (χ0n) is 11.6. The Morgan fingerprint density at radius 2 is 2.05 bits per heavy atom. The molecule has 19 heavy (non-hydrogen) atoms. The molecule has 1 saturated carbocycles. The average molecular weight is 262 g/mol. The lowest BCUT2D eigenvalue weighted by molar-refractivity contribution is 0.0156. The SMILES string of the molecule is Cc1c(N)cccc1C(=O)N(C)CC1(O)CCCC1. The first-order valence-corrected chi connectivity index (χ1v) is 6.76. The van der Waals surface area contributed by atoms with Gasteiger partial charge in [-0.15, -0.1) is 0 Å². The van der Waals surface area contributed by atoms with Crippen molar-refractivity contribution in [3.8, 4) is 0 Å². The first-order chi connectivity index (χ1) is 8.93. The number of carbonyl (C=O) groups is 1. The highest BCUT2D eigenvalue weighted by atomic mass is 16.3. The van der Waals surface area contributed by atoms with Crippen molar-refractivity contribution in [1.82, 2.24) is 4.90 Å². The van der Waals surface area contributed by atoms with Crippen LogP contribution in [0.2, 0.25) is 0 Å². The molecule has 0 saturated heterocycles. The summed E-state index contributed by atoms with van der Waals surface area (Å²) in [5, 5.41) is 10.4. The third-order valence-electron chi connectivity index (χ3n) is 4.02. The Kier molecular flexibility index (Phi) is 3.80. The molecule has 1 amide bonds. The van der Waals surface area contributed by atoms with Gasteiger partial charge >= 0.3 is 0 Å². The van der Waals surface area contributed by atoms with Crippen LogP contribution in [0.25, 0.3) is 0 Å². The molecule has 4 nitrogen and oxygen atoms in total. The lowest BCUT2D eigenvalue weighted by atomic mass is 10.0. The van der Waals surface area contributed by atoms with Crippen LogP contribution in [0.3, 0.4) is 0 Å². The number of hydrogen-bond donors (Lipinski definition) is 2. The quantitative estimate of drug-likeness (QED) is 0.818. The van der Waals surface area contributed by atoms with E-state index in [2.05, 4.69) is 0 Å². The normalized spacial score (nSPS) is 17.4. The standard InChI is InChI=1S/C15H22N2O2/c1-11-12(6-5-7-13(11)16)14(18)17(2)10-15(19)8-3-4-9-15/h5-7,19H,3-4,8-10,16H2,1-2H3. The molecule has 0 bridgehead atoms. The molecule has 3 N–H and O–H groups in total. The monoisotopic (exact) mass is 262 g/mol. The van der Waals surface area contributed by atoms with Gasteiger partial charge in [-0.3, -0.25) is 4.79 Å². The molecule has 1 aromatic rings. The maximum absolute atomic E-state index is 12.4.